The van der Waals surface area contributed by atoms with Crippen molar-refractivity contribution in [2.75, 3.05) is 13.6 Å². The van der Waals surface area contributed by atoms with Crippen molar-refractivity contribution in [1.82, 2.24) is 9.80 Å². The Morgan fingerprint density at radius 2 is 1.80 bits per heavy atom. The summed E-state index contributed by atoms with van der Waals surface area (Å²) in [6.07, 6.45) is -4.15. The summed E-state index contributed by atoms with van der Waals surface area (Å²) in [7, 11) is 1.44. The predicted molar refractivity (Wildman–Crippen MR) is 62.7 cm³/mol. The van der Waals surface area contributed by atoms with Crippen LogP contribution in [0.15, 0.2) is 0 Å². The van der Waals surface area contributed by atoms with Gasteiger partial charge in [0.25, 0.3) is 5.91 Å². The lowest BCUT2D eigenvalue weighted by Gasteiger charge is -2.35. The highest BCUT2D eigenvalue weighted by Gasteiger charge is 2.57. The van der Waals surface area contributed by atoms with E-state index in [-0.39, 0.29) is 0 Å². The topological polar surface area (TPSA) is 60.9 Å². The van der Waals surface area contributed by atoms with Gasteiger partial charge in [-0.2, -0.15) is 13.2 Å². The standard InChI is InChI=1S/C12H17F3N2O3/c1-16-10(20)17(7-8(18)12(13,14)15)9(19)11(16)5-3-2-4-6-11/h8,18H,2-7H2,1H3/t8-/m1/s1. The molecule has 1 aliphatic heterocycles. The average Bonchev–Trinajstić information content (AvgIpc) is 2.55. The molecule has 2 rings (SSSR count). The van der Waals surface area contributed by atoms with Gasteiger partial charge in [-0.25, -0.2) is 4.79 Å². The number of alkyl halides is 3. The summed E-state index contributed by atoms with van der Waals surface area (Å²) in [5.74, 6) is -0.618. The minimum atomic E-state index is -4.85. The molecular formula is C12H17F3N2O3. The van der Waals surface area contributed by atoms with Crippen LogP contribution >= 0.6 is 0 Å². The van der Waals surface area contributed by atoms with Crippen molar-refractivity contribution in [3.05, 3.63) is 0 Å². The molecule has 1 heterocycles. The molecule has 0 aromatic carbocycles. The van der Waals surface area contributed by atoms with Crippen LogP contribution in [-0.2, 0) is 4.79 Å². The first-order valence-corrected chi connectivity index (χ1v) is 6.55. The molecule has 2 fully saturated rings. The molecule has 114 valence electrons. The Morgan fingerprint density at radius 1 is 1.25 bits per heavy atom. The van der Waals surface area contributed by atoms with E-state index < -0.39 is 36.3 Å². The van der Waals surface area contributed by atoms with Crippen molar-refractivity contribution in [2.45, 2.75) is 49.9 Å². The summed E-state index contributed by atoms with van der Waals surface area (Å²) in [5.41, 5.74) is -1.01. The summed E-state index contributed by atoms with van der Waals surface area (Å²) in [4.78, 5) is 26.1. The summed E-state index contributed by atoms with van der Waals surface area (Å²) in [6.45, 7) is -1.03. The first-order valence-electron chi connectivity index (χ1n) is 6.55. The number of nitrogens with zero attached hydrogens (tertiary/aromatic N) is 2. The molecule has 1 saturated heterocycles. The van der Waals surface area contributed by atoms with Crippen LogP contribution in [-0.4, -0.2) is 58.3 Å². The number of hydrogen-bond donors (Lipinski definition) is 1. The molecule has 8 heteroatoms. The van der Waals surface area contributed by atoms with Crippen LogP contribution in [0.25, 0.3) is 0 Å². The second-order valence-corrected chi connectivity index (χ2v) is 5.41. The fourth-order valence-corrected chi connectivity index (χ4v) is 2.97. The van der Waals surface area contributed by atoms with E-state index in [0.29, 0.717) is 17.7 Å². The number of β-amino-alcohol motifs (C(OH)–C–C–N with tert-alkyl or cyclic N) is 1. The maximum atomic E-state index is 12.4. The number of carbonyl (C=O) groups is 2. The largest absolute Gasteiger partial charge is 0.416 e. The Morgan fingerprint density at radius 3 is 2.30 bits per heavy atom. The second-order valence-electron chi connectivity index (χ2n) is 5.41. The predicted octanol–water partition coefficient (Wildman–Crippen LogP) is 1.51. The van der Waals surface area contributed by atoms with Gasteiger partial charge in [0.2, 0.25) is 0 Å². The zero-order valence-electron chi connectivity index (χ0n) is 11.1. The number of aliphatic hydroxyl groups excluding tert-OH is 1. The van der Waals surface area contributed by atoms with Gasteiger partial charge in [0.15, 0.2) is 6.10 Å². The van der Waals surface area contributed by atoms with E-state index >= 15 is 0 Å². The van der Waals surface area contributed by atoms with Crippen molar-refractivity contribution in [2.24, 2.45) is 0 Å². The SMILES string of the molecule is CN1C(=O)N(C[C@@H](O)C(F)(F)F)C(=O)C12CCCCC2. The number of likely N-dealkylation sites (N-methyl/N-ethyl adjacent to an activating group) is 1. The molecule has 0 bridgehead atoms. The quantitative estimate of drug-likeness (QED) is 0.785. The number of aliphatic hydroxyl groups is 1. The van der Waals surface area contributed by atoms with Gasteiger partial charge in [0, 0.05) is 7.05 Å². The fourth-order valence-electron chi connectivity index (χ4n) is 2.97. The Kier molecular flexibility index (Phi) is 3.70. The minimum Gasteiger partial charge on any atom is -0.382 e. The third-order valence-electron chi connectivity index (χ3n) is 4.22. The highest BCUT2D eigenvalue weighted by Crippen LogP contribution is 2.39. The van der Waals surface area contributed by atoms with Crippen LogP contribution < -0.4 is 0 Å². The van der Waals surface area contributed by atoms with Gasteiger partial charge in [-0.05, 0) is 12.8 Å². The summed E-state index contributed by atoms with van der Waals surface area (Å²) < 4.78 is 37.1. The van der Waals surface area contributed by atoms with Crippen LogP contribution in [0, 0.1) is 0 Å². The van der Waals surface area contributed by atoms with E-state index in [1.807, 2.05) is 0 Å². The number of rotatable bonds is 2. The Balaban J connectivity index is 2.20. The Bertz CT molecular complexity index is 419. The molecule has 1 atom stereocenters. The fraction of sp³-hybridized carbons (Fsp3) is 0.833. The molecular weight excluding hydrogens is 277 g/mol. The molecule has 0 aromatic heterocycles. The molecule has 1 N–H and O–H groups in total. The first kappa shape index (κ1) is 15.1. The lowest BCUT2D eigenvalue weighted by Crippen LogP contribution is -2.50. The van der Waals surface area contributed by atoms with Crippen LogP contribution in [0.1, 0.15) is 32.1 Å². The number of imide groups is 1. The number of carbonyl (C=O) groups excluding carboxylic acids is 2. The van der Waals surface area contributed by atoms with Gasteiger partial charge in [0.05, 0.1) is 6.54 Å². The monoisotopic (exact) mass is 294 g/mol. The van der Waals surface area contributed by atoms with Crippen molar-refractivity contribution in [3.8, 4) is 0 Å². The van der Waals surface area contributed by atoms with Gasteiger partial charge in [-0.3, -0.25) is 9.69 Å². The van der Waals surface area contributed by atoms with Crippen molar-refractivity contribution < 1.29 is 27.9 Å². The van der Waals surface area contributed by atoms with Crippen molar-refractivity contribution in [1.29, 1.82) is 0 Å². The molecule has 0 aromatic rings. The molecule has 20 heavy (non-hydrogen) atoms. The lowest BCUT2D eigenvalue weighted by molar-refractivity contribution is -0.206. The van der Waals surface area contributed by atoms with Crippen molar-refractivity contribution >= 4 is 11.9 Å². The van der Waals surface area contributed by atoms with E-state index in [9.17, 15) is 22.8 Å². The minimum absolute atomic E-state index is 0.465. The highest BCUT2D eigenvalue weighted by molar-refractivity contribution is 6.07. The van der Waals surface area contributed by atoms with Crippen molar-refractivity contribution in [3.63, 3.8) is 0 Å². The summed E-state index contributed by atoms with van der Waals surface area (Å²) in [5, 5.41) is 9.07. The normalized spacial score (nSPS) is 24.6. The molecule has 1 spiro atoms. The summed E-state index contributed by atoms with van der Waals surface area (Å²) in [6, 6.07) is -0.764. The lowest BCUT2D eigenvalue weighted by atomic mass is 9.81. The third-order valence-corrected chi connectivity index (χ3v) is 4.22. The number of halogens is 3. The zero-order chi connectivity index (χ0) is 15.1. The van der Waals surface area contributed by atoms with E-state index in [1.54, 1.807) is 0 Å². The van der Waals surface area contributed by atoms with E-state index in [1.165, 1.54) is 11.9 Å². The molecule has 0 unspecified atom stereocenters. The number of hydrogen-bond acceptors (Lipinski definition) is 3. The first-order chi connectivity index (χ1) is 9.20. The van der Waals surface area contributed by atoms with Crippen LogP contribution in [0.5, 0.6) is 0 Å². The van der Waals surface area contributed by atoms with Gasteiger partial charge < -0.3 is 10.0 Å². The van der Waals surface area contributed by atoms with Crippen LogP contribution in [0.2, 0.25) is 0 Å². The maximum absolute atomic E-state index is 12.4. The van der Waals surface area contributed by atoms with Crippen LogP contribution in [0.3, 0.4) is 0 Å². The number of urea groups is 1. The highest BCUT2D eigenvalue weighted by atomic mass is 19.4. The molecule has 2 aliphatic rings. The Labute approximate surface area is 114 Å². The third kappa shape index (κ3) is 2.25. The van der Waals surface area contributed by atoms with Gasteiger partial charge in [0.1, 0.15) is 5.54 Å². The smallest absolute Gasteiger partial charge is 0.382 e. The van der Waals surface area contributed by atoms with E-state index in [4.69, 9.17) is 5.11 Å². The molecule has 1 aliphatic carbocycles. The van der Waals surface area contributed by atoms with E-state index in [0.717, 1.165) is 19.3 Å². The molecule has 0 radical (unpaired) electrons. The van der Waals surface area contributed by atoms with Gasteiger partial charge >= 0.3 is 12.2 Å². The van der Waals surface area contributed by atoms with Gasteiger partial charge in [-0.15, -0.1) is 0 Å². The molecule has 5 nitrogen and oxygen atoms in total. The number of amides is 3. The second kappa shape index (κ2) is 4.91. The van der Waals surface area contributed by atoms with Crippen LogP contribution in [0.4, 0.5) is 18.0 Å². The molecule has 1 saturated carbocycles. The molecule has 3 amide bonds. The summed E-state index contributed by atoms with van der Waals surface area (Å²) >= 11 is 0. The van der Waals surface area contributed by atoms with Gasteiger partial charge in [-0.1, -0.05) is 19.3 Å². The van der Waals surface area contributed by atoms with E-state index in [2.05, 4.69) is 0 Å². The average molecular weight is 294 g/mol. The zero-order valence-corrected chi connectivity index (χ0v) is 11.1. The maximum Gasteiger partial charge on any atom is 0.416 e. The Hall–Kier alpha value is -1.31.